The Balaban J connectivity index is 2.03. The topological polar surface area (TPSA) is 88.1 Å². The van der Waals surface area contributed by atoms with E-state index in [2.05, 4.69) is 10.1 Å². The lowest BCUT2D eigenvalue weighted by molar-refractivity contribution is 0.0600. The van der Waals surface area contributed by atoms with Crippen LogP contribution in [0.15, 0.2) is 42.5 Å². The van der Waals surface area contributed by atoms with Crippen LogP contribution in [-0.4, -0.2) is 43.3 Å². The molecule has 0 fully saturated rings. The molecule has 2 aromatic carbocycles. The molecule has 0 spiro atoms. The molecule has 7 nitrogen and oxygen atoms in total. The molecular formula is C18H20N2O5. The van der Waals surface area contributed by atoms with E-state index in [0.717, 1.165) is 5.56 Å². The molecule has 0 unspecified atom stereocenters. The summed E-state index contributed by atoms with van der Waals surface area (Å²) in [5.74, 6) is -0.0896. The second-order valence-corrected chi connectivity index (χ2v) is 5.36. The van der Waals surface area contributed by atoms with Gasteiger partial charge in [0.2, 0.25) is 0 Å². The maximum Gasteiger partial charge on any atom is 0.337 e. The van der Waals surface area contributed by atoms with Gasteiger partial charge in [0.05, 0.1) is 19.8 Å². The number of phenolic OH excluding ortho intramolecular Hbond substituents is 1. The lowest BCUT2D eigenvalue weighted by Gasteiger charge is -2.18. The van der Waals surface area contributed by atoms with Crippen molar-refractivity contribution in [1.82, 2.24) is 4.90 Å². The first-order chi connectivity index (χ1) is 11.9. The van der Waals surface area contributed by atoms with Crippen LogP contribution in [-0.2, 0) is 11.3 Å². The van der Waals surface area contributed by atoms with Gasteiger partial charge in [-0.3, -0.25) is 0 Å². The fourth-order valence-corrected chi connectivity index (χ4v) is 2.24. The van der Waals surface area contributed by atoms with Crippen molar-refractivity contribution in [1.29, 1.82) is 0 Å². The zero-order valence-corrected chi connectivity index (χ0v) is 14.3. The third-order valence-electron chi connectivity index (χ3n) is 3.54. The van der Waals surface area contributed by atoms with E-state index in [9.17, 15) is 14.7 Å². The molecular weight excluding hydrogens is 324 g/mol. The van der Waals surface area contributed by atoms with Gasteiger partial charge in [-0.05, 0) is 35.9 Å². The minimum atomic E-state index is -0.474. The van der Waals surface area contributed by atoms with Crippen LogP contribution in [0.25, 0.3) is 0 Å². The van der Waals surface area contributed by atoms with E-state index in [0.29, 0.717) is 23.5 Å². The molecule has 0 radical (unpaired) electrons. The van der Waals surface area contributed by atoms with Gasteiger partial charge in [0.25, 0.3) is 0 Å². The third kappa shape index (κ3) is 4.63. The Labute approximate surface area is 145 Å². The van der Waals surface area contributed by atoms with Gasteiger partial charge >= 0.3 is 12.0 Å². The largest absolute Gasteiger partial charge is 0.504 e. The Kier molecular flexibility index (Phi) is 5.84. The fraction of sp³-hybridized carbons (Fsp3) is 0.222. The molecule has 2 N–H and O–H groups in total. The number of carbonyl (C=O) groups excluding carboxylic acids is 2. The number of rotatable bonds is 5. The quantitative estimate of drug-likeness (QED) is 0.814. The number of amides is 2. The summed E-state index contributed by atoms with van der Waals surface area (Å²) in [4.78, 5) is 25.3. The maximum atomic E-state index is 12.3. The maximum absolute atomic E-state index is 12.3. The number of phenols is 1. The number of nitrogens with zero attached hydrogens (tertiary/aromatic N) is 1. The first-order valence-corrected chi connectivity index (χ1v) is 7.51. The molecule has 0 aliphatic heterocycles. The summed E-state index contributed by atoms with van der Waals surface area (Å²) in [6.07, 6.45) is 0. The van der Waals surface area contributed by atoms with Crippen LogP contribution in [0.3, 0.4) is 0 Å². The molecule has 25 heavy (non-hydrogen) atoms. The summed E-state index contributed by atoms with van der Waals surface area (Å²) in [7, 11) is 4.39. The van der Waals surface area contributed by atoms with Crippen LogP contribution >= 0.6 is 0 Å². The number of anilines is 1. The number of methoxy groups -OCH3 is 2. The van der Waals surface area contributed by atoms with E-state index in [1.54, 1.807) is 43.4 Å². The molecule has 0 saturated carbocycles. The van der Waals surface area contributed by atoms with Gasteiger partial charge in [-0.1, -0.05) is 12.1 Å². The molecule has 0 saturated heterocycles. The highest BCUT2D eigenvalue weighted by atomic mass is 16.5. The van der Waals surface area contributed by atoms with Crippen molar-refractivity contribution in [3.8, 4) is 11.5 Å². The predicted octanol–water partition coefficient (Wildman–Crippen LogP) is 2.85. The number of nitrogens with one attached hydrogen (secondary N) is 1. The molecule has 2 rings (SSSR count). The second-order valence-electron chi connectivity index (χ2n) is 5.36. The summed E-state index contributed by atoms with van der Waals surface area (Å²) in [6.45, 7) is 0.292. The summed E-state index contributed by atoms with van der Waals surface area (Å²) < 4.78 is 9.65. The summed E-state index contributed by atoms with van der Waals surface area (Å²) in [6, 6.07) is 11.1. The first kappa shape index (κ1) is 18.1. The first-order valence-electron chi connectivity index (χ1n) is 7.51. The van der Waals surface area contributed by atoms with E-state index in [1.807, 2.05) is 0 Å². The number of hydrogen-bond acceptors (Lipinski definition) is 5. The Morgan fingerprint density at radius 1 is 1.16 bits per heavy atom. The van der Waals surface area contributed by atoms with E-state index >= 15 is 0 Å². The van der Waals surface area contributed by atoms with Crippen molar-refractivity contribution in [3.63, 3.8) is 0 Å². The van der Waals surface area contributed by atoms with Crippen molar-refractivity contribution in [2.45, 2.75) is 6.54 Å². The van der Waals surface area contributed by atoms with Crippen LogP contribution in [0.1, 0.15) is 15.9 Å². The number of benzene rings is 2. The second kappa shape index (κ2) is 8.05. The number of esters is 1. The van der Waals surface area contributed by atoms with Gasteiger partial charge in [-0.15, -0.1) is 0 Å². The van der Waals surface area contributed by atoms with E-state index < -0.39 is 5.97 Å². The molecule has 2 aromatic rings. The molecule has 132 valence electrons. The predicted molar refractivity (Wildman–Crippen MR) is 92.9 cm³/mol. The number of ether oxygens (including phenoxy) is 2. The average Bonchev–Trinajstić information content (AvgIpc) is 2.61. The van der Waals surface area contributed by atoms with Gasteiger partial charge in [0.15, 0.2) is 11.5 Å². The standard InChI is InChI=1S/C18H20N2O5/c1-20(11-12-7-8-16(24-2)15(21)9-12)18(23)19-14-6-4-5-13(10-14)17(22)25-3/h4-10,21H,11H2,1-3H3,(H,19,23). The molecule has 0 aliphatic rings. The highest BCUT2D eigenvalue weighted by Crippen LogP contribution is 2.26. The molecule has 0 heterocycles. The van der Waals surface area contributed by atoms with Crippen LogP contribution in [0.4, 0.5) is 10.5 Å². The summed E-state index contributed by atoms with van der Waals surface area (Å²) in [5, 5.41) is 12.5. The highest BCUT2D eigenvalue weighted by molar-refractivity contribution is 5.93. The Hall–Kier alpha value is -3.22. The minimum Gasteiger partial charge on any atom is -0.504 e. The molecule has 0 atom stereocenters. The monoisotopic (exact) mass is 344 g/mol. The van der Waals surface area contributed by atoms with Gasteiger partial charge in [0, 0.05) is 19.3 Å². The molecule has 7 heteroatoms. The normalized spacial score (nSPS) is 10.0. The van der Waals surface area contributed by atoms with E-state index in [-0.39, 0.29) is 11.8 Å². The Morgan fingerprint density at radius 2 is 1.92 bits per heavy atom. The molecule has 2 amide bonds. The fourth-order valence-electron chi connectivity index (χ4n) is 2.24. The number of hydrogen-bond donors (Lipinski definition) is 2. The molecule has 0 bridgehead atoms. The van der Waals surface area contributed by atoms with Crippen molar-refractivity contribution >= 4 is 17.7 Å². The number of urea groups is 1. The zero-order chi connectivity index (χ0) is 18.4. The van der Waals surface area contributed by atoms with E-state index in [1.165, 1.54) is 25.2 Å². The van der Waals surface area contributed by atoms with Gasteiger partial charge in [-0.25, -0.2) is 9.59 Å². The molecule has 0 aliphatic carbocycles. The van der Waals surface area contributed by atoms with E-state index in [4.69, 9.17) is 4.74 Å². The smallest absolute Gasteiger partial charge is 0.337 e. The van der Waals surface area contributed by atoms with Crippen LogP contribution in [0.2, 0.25) is 0 Å². The Bertz CT molecular complexity index is 776. The lowest BCUT2D eigenvalue weighted by atomic mass is 10.2. The summed E-state index contributed by atoms with van der Waals surface area (Å²) in [5.41, 5.74) is 1.58. The Morgan fingerprint density at radius 3 is 2.56 bits per heavy atom. The highest BCUT2D eigenvalue weighted by Gasteiger charge is 2.12. The van der Waals surface area contributed by atoms with Gasteiger partial charge in [-0.2, -0.15) is 0 Å². The minimum absolute atomic E-state index is 0.0135. The number of carbonyl (C=O) groups is 2. The third-order valence-corrected chi connectivity index (χ3v) is 3.54. The van der Waals surface area contributed by atoms with Crippen molar-refractivity contribution in [3.05, 3.63) is 53.6 Å². The summed E-state index contributed by atoms with van der Waals surface area (Å²) >= 11 is 0. The van der Waals surface area contributed by atoms with Crippen LogP contribution in [0, 0.1) is 0 Å². The number of aromatic hydroxyl groups is 1. The average molecular weight is 344 g/mol. The van der Waals surface area contributed by atoms with Gasteiger partial charge in [0.1, 0.15) is 0 Å². The van der Waals surface area contributed by atoms with Crippen LogP contribution in [0.5, 0.6) is 11.5 Å². The van der Waals surface area contributed by atoms with Crippen molar-refractivity contribution in [2.75, 3.05) is 26.6 Å². The van der Waals surface area contributed by atoms with Crippen molar-refractivity contribution < 1.29 is 24.2 Å². The van der Waals surface area contributed by atoms with Crippen molar-refractivity contribution in [2.24, 2.45) is 0 Å². The zero-order valence-electron chi connectivity index (χ0n) is 14.3. The van der Waals surface area contributed by atoms with Gasteiger partial charge < -0.3 is 24.8 Å². The lowest BCUT2D eigenvalue weighted by Crippen LogP contribution is -2.30. The SMILES string of the molecule is COC(=O)c1cccc(NC(=O)N(C)Cc2ccc(OC)c(O)c2)c1. The molecule has 0 aromatic heterocycles. The van der Waals surface area contributed by atoms with Crippen LogP contribution < -0.4 is 10.1 Å².